The van der Waals surface area contributed by atoms with E-state index < -0.39 is 0 Å². The van der Waals surface area contributed by atoms with Crippen molar-refractivity contribution in [2.75, 3.05) is 20.8 Å². The Morgan fingerprint density at radius 2 is 1.50 bits per heavy atom. The van der Waals surface area contributed by atoms with Crippen LogP contribution in [-0.4, -0.2) is 20.8 Å². The van der Waals surface area contributed by atoms with Crippen molar-refractivity contribution in [2.24, 2.45) is 5.41 Å². The van der Waals surface area contributed by atoms with Gasteiger partial charge in [0.2, 0.25) is 0 Å². The fourth-order valence-corrected chi connectivity index (χ4v) is 3.71. The molecule has 0 spiro atoms. The zero-order chi connectivity index (χ0) is 23.1. The van der Waals surface area contributed by atoms with Crippen LogP contribution in [-0.2, 0) is 13.2 Å². The molecule has 0 unspecified atom stereocenters. The molecule has 0 bridgehead atoms. The molecule has 0 aromatic heterocycles. The van der Waals surface area contributed by atoms with Gasteiger partial charge in [0.15, 0.2) is 0 Å². The van der Waals surface area contributed by atoms with E-state index in [-0.39, 0.29) is 5.41 Å². The van der Waals surface area contributed by atoms with Gasteiger partial charge in [0, 0.05) is 25.2 Å². The highest BCUT2D eigenvalue weighted by Gasteiger charge is 2.16. The summed E-state index contributed by atoms with van der Waals surface area (Å²) in [6.45, 7) is 10.8. The fourth-order valence-electron chi connectivity index (χ4n) is 3.71. The van der Waals surface area contributed by atoms with Crippen LogP contribution in [0, 0.1) is 12.3 Å². The first-order valence-corrected chi connectivity index (χ1v) is 11.0. The van der Waals surface area contributed by atoms with Crippen LogP contribution in [0.3, 0.4) is 0 Å². The molecule has 32 heavy (non-hydrogen) atoms. The van der Waals surface area contributed by atoms with Crippen LogP contribution in [0.1, 0.15) is 37.5 Å². The monoisotopic (exact) mass is 433 g/mol. The van der Waals surface area contributed by atoms with Gasteiger partial charge in [0.1, 0.15) is 23.9 Å². The highest BCUT2D eigenvalue weighted by molar-refractivity contribution is 5.68. The Bertz CT molecular complexity index is 998. The molecule has 0 saturated carbocycles. The van der Waals surface area contributed by atoms with E-state index >= 15 is 0 Å². The van der Waals surface area contributed by atoms with Gasteiger partial charge in [-0.05, 0) is 34.6 Å². The second kappa shape index (κ2) is 10.6. The van der Waals surface area contributed by atoms with Crippen molar-refractivity contribution in [2.45, 2.75) is 40.8 Å². The molecule has 3 aromatic rings. The van der Waals surface area contributed by atoms with Crippen molar-refractivity contribution >= 4 is 0 Å². The average Bonchev–Trinajstić information content (AvgIpc) is 2.78. The minimum atomic E-state index is 0.204. The van der Waals surface area contributed by atoms with Gasteiger partial charge in [0.05, 0.1) is 19.8 Å². The number of hydrogen-bond acceptors (Lipinski definition) is 4. The van der Waals surface area contributed by atoms with Crippen molar-refractivity contribution in [1.82, 2.24) is 5.32 Å². The lowest BCUT2D eigenvalue weighted by atomic mass is 9.97. The van der Waals surface area contributed by atoms with E-state index in [1.807, 2.05) is 18.2 Å². The van der Waals surface area contributed by atoms with E-state index in [1.165, 1.54) is 16.7 Å². The SMILES string of the molecule is COc1cc(OCc2cccc(-c3ccccc3)c2C)cc(OC)c1CNCC(C)(C)C. The molecule has 4 nitrogen and oxygen atoms in total. The first-order chi connectivity index (χ1) is 15.3. The van der Waals surface area contributed by atoms with E-state index in [9.17, 15) is 0 Å². The molecule has 0 aliphatic carbocycles. The zero-order valence-corrected chi connectivity index (χ0v) is 20.1. The lowest BCUT2D eigenvalue weighted by Gasteiger charge is -2.21. The van der Waals surface area contributed by atoms with E-state index in [0.29, 0.717) is 13.2 Å². The lowest BCUT2D eigenvalue weighted by molar-refractivity contribution is 0.298. The summed E-state index contributed by atoms with van der Waals surface area (Å²) in [5.74, 6) is 2.24. The normalized spacial score (nSPS) is 11.3. The Morgan fingerprint density at radius 3 is 2.09 bits per heavy atom. The number of benzene rings is 3. The van der Waals surface area contributed by atoms with Crippen LogP contribution in [0.25, 0.3) is 11.1 Å². The van der Waals surface area contributed by atoms with E-state index in [1.54, 1.807) is 14.2 Å². The Balaban J connectivity index is 1.78. The second-order valence-corrected chi connectivity index (χ2v) is 9.21. The van der Waals surface area contributed by atoms with Crippen molar-refractivity contribution in [3.63, 3.8) is 0 Å². The highest BCUT2D eigenvalue weighted by atomic mass is 16.5. The molecule has 3 aromatic carbocycles. The van der Waals surface area contributed by atoms with Crippen LogP contribution in [0.4, 0.5) is 0 Å². The molecule has 0 heterocycles. The van der Waals surface area contributed by atoms with Gasteiger partial charge in [-0.15, -0.1) is 0 Å². The van der Waals surface area contributed by atoms with Crippen molar-refractivity contribution in [1.29, 1.82) is 0 Å². The summed E-state index contributed by atoms with van der Waals surface area (Å²) in [7, 11) is 3.36. The summed E-state index contributed by atoms with van der Waals surface area (Å²) in [4.78, 5) is 0. The number of nitrogens with one attached hydrogen (secondary N) is 1. The van der Waals surface area contributed by atoms with Crippen LogP contribution in [0.5, 0.6) is 17.2 Å². The average molecular weight is 434 g/mol. The predicted octanol–water partition coefficient (Wildman–Crippen LogP) is 6.39. The fraction of sp³-hybridized carbons (Fsp3) is 0.357. The molecule has 170 valence electrons. The van der Waals surface area contributed by atoms with Gasteiger partial charge in [-0.1, -0.05) is 69.3 Å². The van der Waals surface area contributed by atoms with E-state index in [0.717, 1.165) is 34.9 Å². The standard InChI is InChI=1S/C28H35NO3/c1-20-22(13-10-14-24(20)21-11-8-7-9-12-21)18-32-23-15-26(30-5)25(27(16-23)31-6)17-29-19-28(2,3)4/h7-16,29H,17-19H2,1-6H3. The maximum absolute atomic E-state index is 6.18. The molecule has 4 heteroatoms. The molecular formula is C28H35NO3. The number of hydrogen-bond donors (Lipinski definition) is 1. The van der Waals surface area contributed by atoms with Crippen LogP contribution in [0.2, 0.25) is 0 Å². The number of rotatable bonds is 9. The predicted molar refractivity (Wildman–Crippen MR) is 132 cm³/mol. The van der Waals surface area contributed by atoms with Crippen molar-refractivity contribution in [3.8, 4) is 28.4 Å². The van der Waals surface area contributed by atoms with E-state index in [2.05, 4.69) is 75.5 Å². The molecular weight excluding hydrogens is 398 g/mol. The minimum absolute atomic E-state index is 0.204. The molecule has 0 saturated heterocycles. The molecule has 0 amide bonds. The Hall–Kier alpha value is -2.98. The van der Waals surface area contributed by atoms with Gasteiger partial charge in [-0.25, -0.2) is 0 Å². The Kier molecular flexibility index (Phi) is 7.81. The summed E-state index contributed by atoms with van der Waals surface area (Å²) in [6, 6.07) is 20.7. The highest BCUT2D eigenvalue weighted by Crippen LogP contribution is 2.35. The molecule has 0 radical (unpaired) electrons. The summed E-state index contributed by atoms with van der Waals surface area (Å²) >= 11 is 0. The van der Waals surface area contributed by atoms with Crippen LogP contribution >= 0.6 is 0 Å². The summed E-state index contributed by atoms with van der Waals surface area (Å²) in [5.41, 5.74) is 6.01. The summed E-state index contributed by atoms with van der Waals surface area (Å²) in [5, 5.41) is 3.50. The third-order valence-corrected chi connectivity index (χ3v) is 5.46. The molecule has 3 rings (SSSR count). The van der Waals surface area contributed by atoms with Crippen molar-refractivity contribution in [3.05, 3.63) is 77.4 Å². The quantitative estimate of drug-likeness (QED) is 0.424. The molecule has 0 atom stereocenters. The Labute approximate surface area is 192 Å². The second-order valence-electron chi connectivity index (χ2n) is 9.21. The molecule has 0 aliphatic rings. The number of ether oxygens (including phenoxy) is 3. The third kappa shape index (κ3) is 6.04. The van der Waals surface area contributed by atoms with Gasteiger partial charge >= 0.3 is 0 Å². The summed E-state index contributed by atoms with van der Waals surface area (Å²) in [6.07, 6.45) is 0. The molecule has 1 N–H and O–H groups in total. The van der Waals surface area contributed by atoms with Gasteiger partial charge in [-0.3, -0.25) is 0 Å². The summed E-state index contributed by atoms with van der Waals surface area (Å²) < 4.78 is 17.5. The smallest absolute Gasteiger partial charge is 0.130 e. The van der Waals surface area contributed by atoms with E-state index in [4.69, 9.17) is 14.2 Å². The van der Waals surface area contributed by atoms with Crippen molar-refractivity contribution < 1.29 is 14.2 Å². The third-order valence-electron chi connectivity index (χ3n) is 5.46. The molecule has 0 aliphatic heterocycles. The lowest BCUT2D eigenvalue weighted by Crippen LogP contribution is -2.26. The first-order valence-electron chi connectivity index (χ1n) is 11.0. The van der Waals surface area contributed by atoms with Gasteiger partial charge < -0.3 is 19.5 Å². The largest absolute Gasteiger partial charge is 0.496 e. The van der Waals surface area contributed by atoms with Crippen LogP contribution < -0.4 is 19.5 Å². The topological polar surface area (TPSA) is 39.7 Å². The Morgan fingerprint density at radius 1 is 0.844 bits per heavy atom. The van der Waals surface area contributed by atoms with Crippen LogP contribution in [0.15, 0.2) is 60.7 Å². The van der Waals surface area contributed by atoms with Gasteiger partial charge in [-0.2, -0.15) is 0 Å². The zero-order valence-electron chi connectivity index (χ0n) is 20.1. The minimum Gasteiger partial charge on any atom is -0.496 e. The first kappa shape index (κ1) is 23.7. The molecule has 0 fully saturated rings. The number of methoxy groups -OCH3 is 2. The van der Waals surface area contributed by atoms with Gasteiger partial charge in [0.25, 0.3) is 0 Å². The maximum atomic E-state index is 6.18. The maximum Gasteiger partial charge on any atom is 0.130 e.